The Morgan fingerprint density at radius 3 is 2.14 bits per heavy atom. The normalized spacial score (nSPS) is 12.6. The van der Waals surface area contributed by atoms with Crippen molar-refractivity contribution < 1.29 is 32.4 Å². The highest BCUT2D eigenvalue weighted by molar-refractivity contribution is 5.20. The van der Waals surface area contributed by atoms with Crippen molar-refractivity contribution >= 4 is 0 Å². The van der Waals surface area contributed by atoms with Crippen molar-refractivity contribution in [3.05, 3.63) is 61.7 Å². The summed E-state index contributed by atoms with van der Waals surface area (Å²) in [5.41, 5.74) is 0. The Hall–Kier alpha value is -1.07. The van der Waals surface area contributed by atoms with E-state index in [9.17, 15) is 5.11 Å². The van der Waals surface area contributed by atoms with Gasteiger partial charge in [0.1, 0.15) is 12.4 Å². The first-order valence-electron chi connectivity index (χ1n) is 11.8. The molecule has 1 N–H and O–H groups in total. The van der Waals surface area contributed by atoms with Crippen LogP contribution in [0.1, 0.15) is 78.9 Å². The van der Waals surface area contributed by atoms with Crippen molar-refractivity contribution in [3.8, 4) is 5.75 Å². The standard InChI is InChI=1S/C26H38IO2/c1-2-3-4-5-6-7-8-9-10-14-17-25(28)22-29-26-20-18-24(19-21-26)27-23-15-12-11-13-16-23/h11-13,15-16,18-21,25,28H,2-10,14,17,22H2,1H3/q+1/i18D. The van der Waals surface area contributed by atoms with Crippen molar-refractivity contribution in [1.82, 2.24) is 0 Å². The van der Waals surface area contributed by atoms with Gasteiger partial charge in [0.25, 0.3) is 0 Å². The first-order valence-corrected chi connectivity index (χ1v) is 13.5. The molecular formula is C26H38IO2+. The summed E-state index contributed by atoms with van der Waals surface area (Å²) in [5, 5.41) is 10.2. The molecule has 29 heavy (non-hydrogen) atoms. The Morgan fingerprint density at radius 1 is 0.828 bits per heavy atom. The van der Waals surface area contributed by atoms with Crippen molar-refractivity contribution in [2.45, 2.75) is 83.7 Å². The number of aliphatic hydroxyl groups excluding tert-OH is 1. The number of halogens is 1. The lowest BCUT2D eigenvalue weighted by Crippen LogP contribution is -3.61. The summed E-state index contributed by atoms with van der Waals surface area (Å²) >= 11 is -0.341. The van der Waals surface area contributed by atoms with Crippen molar-refractivity contribution in [1.29, 1.82) is 0 Å². The van der Waals surface area contributed by atoms with Crippen LogP contribution >= 0.6 is 0 Å². The topological polar surface area (TPSA) is 29.5 Å². The number of rotatable bonds is 16. The second-order valence-corrected chi connectivity index (χ2v) is 10.6. The van der Waals surface area contributed by atoms with Crippen LogP contribution in [0.3, 0.4) is 0 Å². The summed E-state index contributed by atoms with van der Waals surface area (Å²) in [6.07, 6.45) is 13.4. The summed E-state index contributed by atoms with van der Waals surface area (Å²) in [6.45, 7) is 2.57. The fraction of sp³-hybridized carbons (Fsp3) is 0.538. The smallest absolute Gasteiger partial charge is 0.357 e. The lowest BCUT2D eigenvalue weighted by atomic mass is 10.0. The van der Waals surface area contributed by atoms with Crippen LogP contribution in [0.5, 0.6) is 5.75 Å². The Kier molecular flexibility index (Phi) is 12.3. The van der Waals surface area contributed by atoms with Gasteiger partial charge in [0.05, 0.1) is 7.47 Å². The molecule has 2 aromatic carbocycles. The number of hydrogen-bond acceptors (Lipinski definition) is 2. The van der Waals surface area contributed by atoms with Crippen LogP contribution in [0.25, 0.3) is 0 Å². The summed E-state index contributed by atoms with van der Waals surface area (Å²) in [5.74, 6) is 0.683. The highest BCUT2D eigenvalue weighted by atomic mass is 127. The van der Waals surface area contributed by atoms with Crippen LogP contribution in [0.2, 0.25) is 0 Å². The van der Waals surface area contributed by atoms with Crippen LogP contribution in [-0.4, -0.2) is 17.8 Å². The van der Waals surface area contributed by atoms with E-state index in [0.717, 1.165) is 16.4 Å². The average molecular weight is 510 g/mol. The molecule has 0 aliphatic carbocycles. The molecule has 0 aliphatic rings. The maximum atomic E-state index is 10.2. The molecule has 0 aliphatic heterocycles. The van der Waals surface area contributed by atoms with Crippen molar-refractivity contribution in [3.63, 3.8) is 0 Å². The SMILES string of the molecule is [2H]c1cc(OCC(O)CCCCCCCCCCCC)ccc1[I+]c1ccccc1. The molecule has 2 nitrogen and oxygen atoms in total. The Morgan fingerprint density at radius 2 is 1.48 bits per heavy atom. The van der Waals surface area contributed by atoms with E-state index in [1.807, 2.05) is 30.3 Å². The van der Waals surface area contributed by atoms with Crippen molar-refractivity contribution in [2.24, 2.45) is 0 Å². The molecule has 0 spiro atoms. The monoisotopic (exact) mass is 510 g/mol. The molecule has 2 rings (SSSR count). The van der Waals surface area contributed by atoms with Gasteiger partial charge in [-0.2, -0.15) is 0 Å². The van der Waals surface area contributed by atoms with Gasteiger partial charge in [-0.25, -0.2) is 0 Å². The van der Waals surface area contributed by atoms with E-state index in [4.69, 9.17) is 6.11 Å². The summed E-state index contributed by atoms with van der Waals surface area (Å²) < 4.78 is 16.4. The van der Waals surface area contributed by atoms with Crippen LogP contribution in [0.15, 0.2) is 54.6 Å². The molecule has 0 radical (unpaired) electrons. The maximum Gasteiger partial charge on any atom is 0.357 e. The van der Waals surface area contributed by atoms with Crippen LogP contribution < -0.4 is 25.9 Å². The summed E-state index contributed by atoms with van der Waals surface area (Å²) in [7, 11) is 0. The minimum atomic E-state index is -0.426. The van der Waals surface area contributed by atoms with Gasteiger partial charge < -0.3 is 9.84 Å². The maximum absolute atomic E-state index is 10.2. The molecule has 3 heteroatoms. The molecule has 0 fully saturated rings. The van der Waals surface area contributed by atoms with E-state index >= 15 is 0 Å². The second-order valence-electron chi connectivity index (χ2n) is 7.70. The number of aliphatic hydroxyl groups is 1. The number of ether oxygens (including phenoxy) is 1. The molecular weight excluding hydrogens is 471 g/mol. The molecule has 1 unspecified atom stereocenters. The molecule has 0 saturated heterocycles. The first kappa shape index (κ1) is 22.6. The van der Waals surface area contributed by atoms with E-state index < -0.39 is 6.10 Å². The van der Waals surface area contributed by atoms with E-state index in [1.54, 1.807) is 6.07 Å². The Bertz CT molecular complexity index is 693. The zero-order valence-corrected chi connectivity index (χ0v) is 20.1. The molecule has 0 saturated carbocycles. The van der Waals surface area contributed by atoms with Gasteiger partial charge in [0, 0.05) is 0 Å². The Balaban J connectivity index is 1.56. The number of unbranched alkanes of at least 4 members (excludes halogenated alkanes) is 9. The molecule has 0 amide bonds. The Labute approximate surface area is 189 Å². The van der Waals surface area contributed by atoms with Crippen LogP contribution in [0, 0.1) is 7.14 Å². The van der Waals surface area contributed by atoms with E-state index in [2.05, 4.69) is 19.1 Å². The fourth-order valence-corrected chi connectivity index (χ4v) is 5.40. The third-order valence-corrected chi connectivity index (χ3v) is 7.62. The van der Waals surface area contributed by atoms with E-state index in [0.29, 0.717) is 18.4 Å². The minimum absolute atomic E-state index is 0.309. The molecule has 1 atom stereocenters. The summed E-state index contributed by atoms with van der Waals surface area (Å²) in [4.78, 5) is 0. The van der Waals surface area contributed by atoms with Gasteiger partial charge in [-0.1, -0.05) is 89.3 Å². The average Bonchev–Trinajstić information content (AvgIpc) is 2.76. The molecule has 0 aromatic heterocycles. The quantitative estimate of drug-likeness (QED) is 0.275. The molecule has 2 aromatic rings. The van der Waals surface area contributed by atoms with E-state index in [-0.39, 0.29) is 21.2 Å². The summed E-state index contributed by atoms with van der Waals surface area (Å²) in [6, 6.07) is 16.6. The minimum Gasteiger partial charge on any atom is -0.491 e. The second kappa shape index (κ2) is 15.7. The third kappa shape index (κ3) is 11.6. The van der Waals surface area contributed by atoms with E-state index in [1.165, 1.54) is 61.4 Å². The van der Waals surface area contributed by atoms with Crippen molar-refractivity contribution in [2.75, 3.05) is 6.61 Å². The molecule has 160 valence electrons. The van der Waals surface area contributed by atoms with Gasteiger partial charge >= 0.3 is 21.2 Å². The van der Waals surface area contributed by atoms with Gasteiger partial charge in [-0.05, 0) is 42.8 Å². The third-order valence-electron chi connectivity index (χ3n) is 5.02. The highest BCUT2D eigenvalue weighted by Gasteiger charge is 2.14. The molecule has 0 heterocycles. The lowest BCUT2D eigenvalue weighted by Gasteiger charge is -2.12. The van der Waals surface area contributed by atoms with Gasteiger partial charge in [-0.3, -0.25) is 0 Å². The highest BCUT2D eigenvalue weighted by Crippen LogP contribution is 2.13. The van der Waals surface area contributed by atoms with Crippen LogP contribution in [0.4, 0.5) is 0 Å². The first-order chi connectivity index (χ1) is 14.7. The largest absolute Gasteiger partial charge is 0.491 e. The number of hydrogen-bond donors (Lipinski definition) is 1. The number of benzene rings is 2. The van der Waals surface area contributed by atoms with Crippen LogP contribution in [-0.2, 0) is 0 Å². The van der Waals surface area contributed by atoms with Gasteiger partial charge in [0.15, 0.2) is 7.14 Å². The molecule has 0 bridgehead atoms. The lowest BCUT2D eigenvalue weighted by molar-refractivity contribution is -0.597. The zero-order valence-electron chi connectivity index (χ0n) is 18.9. The predicted octanol–water partition coefficient (Wildman–Crippen LogP) is 3.87. The fourth-order valence-electron chi connectivity index (χ4n) is 3.28. The zero-order chi connectivity index (χ0) is 21.4. The van der Waals surface area contributed by atoms with Gasteiger partial charge in [0.2, 0.25) is 0 Å². The predicted molar refractivity (Wildman–Crippen MR) is 118 cm³/mol. The van der Waals surface area contributed by atoms with Gasteiger partial charge in [-0.15, -0.1) is 0 Å².